The standard InChI is InChI=1S/C25H36N6O5S2/c1-37-10-8-18(26)22(32)30-20(12-16-6-4-3-5-7-16)23(33)31-21(13-17-14-27-15-28-17)24(34)29-19(25(35)36)9-11-38-2/h3-7,14-15,18-21H,8-13,26H2,1-2H3,(H,27,28)(H,29,34)(H,30,32)(H,31,33)(H,35,36). The number of rotatable bonds is 17. The number of aromatic nitrogens is 2. The van der Waals surface area contributed by atoms with Crippen LogP contribution in [0.25, 0.3) is 0 Å². The van der Waals surface area contributed by atoms with Crippen LogP contribution in [0, 0.1) is 0 Å². The van der Waals surface area contributed by atoms with E-state index in [0.29, 0.717) is 23.6 Å². The van der Waals surface area contributed by atoms with Crippen LogP contribution in [0.4, 0.5) is 0 Å². The molecule has 0 spiro atoms. The van der Waals surface area contributed by atoms with Crippen molar-refractivity contribution in [3.63, 3.8) is 0 Å². The molecule has 1 heterocycles. The Kier molecular flexibility index (Phi) is 13.7. The highest BCUT2D eigenvalue weighted by Gasteiger charge is 2.31. The summed E-state index contributed by atoms with van der Waals surface area (Å²) < 4.78 is 0. The predicted octanol–water partition coefficient (Wildman–Crippen LogP) is 0.567. The zero-order valence-corrected chi connectivity index (χ0v) is 23.1. The number of H-pyrrole nitrogens is 1. The smallest absolute Gasteiger partial charge is 0.326 e. The number of nitrogens with zero attached hydrogens (tertiary/aromatic N) is 1. The summed E-state index contributed by atoms with van der Waals surface area (Å²) >= 11 is 3.03. The number of nitrogens with two attached hydrogens (primary N) is 1. The highest BCUT2D eigenvalue weighted by atomic mass is 32.2. The van der Waals surface area contributed by atoms with Gasteiger partial charge in [0, 0.05) is 24.7 Å². The van der Waals surface area contributed by atoms with Crippen molar-refractivity contribution in [3.05, 3.63) is 54.1 Å². The van der Waals surface area contributed by atoms with Gasteiger partial charge in [0.15, 0.2) is 0 Å². The monoisotopic (exact) mass is 564 g/mol. The zero-order chi connectivity index (χ0) is 27.9. The van der Waals surface area contributed by atoms with Gasteiger partial charge >= 0.3 is 5.97 Å². The van der Waals surface area contributed by atoms with E-state index in [4.69, 9.17) is 5.73 Å². The summed E-state index contributed by atoms with van der Waals surface area (Å²) in [4.78, 5) is 57.9. The molecule has 4 unspecified atom stereocenters. The highest BCUT2D eigenvalue weighted by molar-refractivity contribution is 7.98. The summed E-state index contributed by atoms with van der Waals surface area (Å²) in [6.45, 7) is 0. The molecule has 2 rings (SSSR count). The number of aromatic amines is 1. The third kappa shape index (κ3) is 10.8. The number of thioether (sulfide) groups is 2. The second-order valence-corrected chi connectivity index (χ2v) is 10.6. The van der Waals surface area contributed by atoms with Crippen molar-refractivity contribution >= 4 is 47.2 Å². The molecule has 0 fully saturated rings. The minimum Gasteiger partial charge on any atom is -0.480 e. The number of carbonyl (C=O) groups is 4. The number of amides is 3. The Balaban J connectivity index is 2.23. The lowest BCUT2D eigenvalue weighted by atomic mass is 10.0. The summed E-state index contributed by atoms with van der Waals surface area (Å²) in [7, 11) is 0. The van der Waals surface area contributed by atoms with Crippen LogP contribution in [0.15, 0.2) is 42.9 Å². The number of aliphatic carboxylic acids is 1. The van der Waals surface area contributed by atoms with Crippen LogP contribution in [0.1, 0.15) is 24.1 Å². The quantitative estimate of drug-likeness (QED) is 0.160. The lowest BCUT2D eigenvalue weighted by Gasteiger charge is -2.25. The molecule has 0 bridgehead atoms. The molecule has 11 nitrogen and oxygen atoms in total. The van der Waals surface area contributed by atoms with E-state index in [0.717, 1.165) is 5.56 Å². The van der Waals surface area contributed by atoms with E-state index in [2.05, 4.69) is 25.9 Å². The van der Waals surface area contributed by atoms with Gasteiger partial charge in [0.2, 0.25) is 17.7 Å². The summed E-state index contributed by atoms with van der Waals surface area (Å²) in [6.07, 6.45) is 7.62. The number of carbonyl (C=O) groups excluding carboxylic acids is 3. The fourth-order valence-corrected chi connectivity index (χ4v) is 4.54. The van der Waals surface area contributed by atoms with Gasteiger partial charge in [-0.25, -0.2) is 9.78 Å². The Morgan fingerprint density at radius 1 is 0.895 bits per heavy atom. The van der Waals surface area contributed by atoms with E-state index < -0.39 is 47.9 Å². The molecule has 0 radical (unpaired) electrons. The van der Waals surface area contributed by atoms with Crippen molar-refractivity contribution in [3.8, 4) is 0 Å². The molecule has 0 saturated heterocycles. The van der Waals surface area contributed by atoms with Crippen molar-refractivity contribution in [1.29, 1.82) is 0 Å². The van der Waals surface area contributed by atoms with E-state index in [9.17, 15) is 24.3 Å². The first-order valence-electron chi connectivity index (χ1n) is 12.1. The van der Waals surface area contributed by atoms with Gasteiger partial charge in [-0.05, 0) is 42.4 Å². The maximum absolute atomic E-state index is 13.5. The van der Waals surface area contributed by atoms with Crippen molar-refractivity contribution in [1.82, 2.24) is 25.9 Å². The van der Waals surface area contributed by atoms with Crippen molar-refractivity contribution in [2.24, 2.45) is 5.73 Å². The molecule has 0 saturated carbocycles. The lowest BCUT2D eigenvalue weighted by Crippen LogP contribution is -2.58. The first kappa shape index (κ1) is 31.2. The average Bonchev–Trinajstić information content (AvgIpc) is 3.42. The summed E-state index contributed by atoms with van der Waals surface area (Å²) in [6, 6.07) is 5.15. The third-order valence-corrected chi connectivity index (χ3v) is 7.01. The molecule has 0 aliphatic carbocycles. The number of carboxylic acids is 1. The maximum Gasteiger partial charge on any atom is 0.326 e. The third-order valence-electron chi connectivity index (χ3n) is 5.72. The number of carboxylic acid groups (broad SMARTS) is 1. The Morgan fingerprint density at radius 2 is 1.47 bits per heavy atom. The Bertz CT molecular complexity index is 1020. The largest absolute Gasteiger partial charge is 0.480 e. The fourth-order valence-electron chi connectivity index (χ4n) is 3.58. The molecule has 1 aromatic carbocycles. The van der Waals surface area contributed by atoms with Crippen LogP contribution in [-0.2, 0) is 32.0 Å². The van der Waals surface area contributed by atoms with E-state index >= 15 is 0 Å². The van der Waals surface area contributed by atoms with Gasteiger partial charge in [0.25, 0.3) is 0 Å². The molecular formula is C25H36N6O5S2. The van der Waals surface area contributed by atoms with Crippen LogP contribution in [0.2, 0.25) is 0 Å². The van der Waals surface area contributed by atoms with Crippen molar-refractivity contribution in [2.75, 3.05) is 24.0 Å². The van der Waals surface area contributed by atoms with Gasteiger partial charge in [-0.1, -0.05) is 30.3 Å². The maximum atomic E-state index is 13.5. The van der Waals surface area contributed by atoms with Gasteiger partial charge in [-0.3, -0.25) is 14.4 Å². The average molecular weight is 565 g/mol. The Labute approximate surface area is 230 Å². The molecule has 0 aliphatic rings. The molecule has 4 atom stereocenters. The molecule has 38 heavy (non-hydrogen) atoms. The normalized spacial score (nSPS) is 14.1. The molecule has 0 aliphatic heterocycles. The number of hydrogen-bond donors (Lipinski definition) is 6. The summed E-state index contributed by atoms with van der Waals surface area (Å²) in [5, 5.41) is 17.5. The predicted molar refractivity (Wildman–Crippen MR) is 150 cm³/mol. The second kappa shape index (κ2) is 16.7. The van der Waals surface area contributed by atoms with Crippen molar-refractivity contribution < 1.29 is 24.3 Å². The lowest BCUT2D eigenvalue weighted by molar-refractivity contribution is -0.142. The Hall–Kier alpha value is -3.03. The van der Waals surface area contributed by atoms with E-state index in [1.54, 1.807) is 11.8 Å². The van der Waals surface area contributed by atoms with Crippen molar-refractivity contribution in [2.45, 2.75) is 49.9 Å². The zero-order valence-electron chi connectivity index (χ0n) is 21.5. The Morgan fingerprint density at radius 3 is 2.05 bits per heavy atom. The van der Waals surface area contributed by atoms with E-state index in [1.807, 2.05) is 42.8 Å². The number of hydrogen-bond acceptors (Lipinski definition) is 8. The van der Waals surface area contributed by atoms with Gasteiger partial charge in [-0.2, -0.15) is 23.5 Å². The number of nitrogens with one attached hydrogen (secondary N) is 4. The van der Waals surface area contributed by atoms with Crippen LogP contribution in [-0.4, -0.2) is 86.9 Å². The molecular weight excluding hydrogens is 528 g/mol. The van der Waals surface area contributed by atoms with Crippen LogP contribution >= 0.6 is 23.5 Å². The first-order chi connectivity index (χ1) is 18.2. The number of imidazole rings is 1. The minimum atomic E-state index is -1.16. The fraction of sp³-hybridized carbons (Fsp3) is 0.480. The molecule has 3 amide bonds. The van der Waals surface area contributed by atoms with Gasteiger partial charge in [-0.15, -0.1) is 0 Å². The van der Waals surface area contributed by atoms with E-state index in [-0.39, 0.29) is 19.3 Å². The van der Waals surface area contributed by atoms with Gasteiger partial charge in [0.1, 0.15) is 18.1 Å². The minimum absolute atomic E-state index is 0.0473. The van der Waals surface area contributed by atoms with Crippen LogP contribution in [0.5, 0.6) is 0 Å². The molecule has 208 valence electrons. The SMILES string of the molecule is CSCCC(N)C(=O)NC(Cc1ccccc1)C(=O)NC(Cc1cnc[nH]1)C(=O)NC(CCSC)C(=O)O. The summed E-state index contributed by atoms with van der Waals surface area (Å²) in [5.41, 5.74) is 7.40. The molecule has 7 N–H and O–H groups in total. The molecule has 2 aromatic rings. The van der Waals surface area contributed by atoms with E-state index in [1.165, 1.54) is 24.3 Å². The summed E-state index contributed by atoms with van der Waals surface area (Å²) in [5.74, 6) is -1.63. The first-order valence-corrected chi connectivity index (χ1v) is 14.9. The number of benzene rings is 1. The highest BCUT2D eigenvalue weighted by Crippen LogP contribution is 2.08. The van der Waals surface area contributed by atoms with Gasteiger partial charge < -0.3 is 31.8 Å². The molecule has 1 aromatic heterocycles. The van der Waals surface area contributed by atoms with Crippen LogP contribution < -0.4 is 21.7 Å². The van der Waals surface area contributed by atoms with Crippen LogP contribution in [0.3, 0.4) is 0 Å². The molecule has 13 heteroatoms. The van der Waals surface area contributed by atoms with Gasteiger partial charge in [0.05, 0.1) is 12.4 Å². The topological polar surface area (TPSA) is 179 Å². The second-order valence-electron chi connectivity index (χ2n) is 8.66.